The standard InChI is InChI=1S/C19H23F3N2O2/c20-19(21,22)16-8-4-3-7-15(16)18(26)24-11-9-23(10-12-24)17(25)13-14-5-1-2-6-14/h3-4,7-8,14H,1-2,5-6,9-13H2. The average molecular weight is 368 g/mol. The third kappa shape index (κ3) is 4.19. The minimum Gasteiger partial charge on any atom is -0.339 e. The molecule has 0 N–H and O–H groups in total. The molecule has 1 saturated carbocycles. The number of hydrogen-bond acceptors (Lipinski definition) is 2. The first-order chi connectivity index (χ1) is 12.4. The number of benzene rings is 1. The second-order valence-electron chi connectivity index (χ2n) is 7.07. The van der Waals surface area contributed by atoms with Gasteiger partial charge >= 0.3 is 6.18 Å². The van der Waals surface area contributed by atoms with Gasteiger partial charge in [0.2, 0.25) is 5.91 Å². The van der Waals surface area contributed by atoms with E-state index in [1.54, 1.807) is 4.90 Å². The van der Waals surface area contributed by atoms with Crippen LogP contribution in [0.3, 0.4) is 0 Å². The number of halogens is 3. The molecule has 2 amide bonds. The first-order valence-electron chi connectivity index (χ1n) is 9.09. The van der Waals surface area contributed by atoms with Crippen LogP contribution in [0.2, 0.25) is 0 Å². The smallest absolute Gasteiger partial charge is 0.339 e. The van der Waals surface area contributed by atoms with Crippen LogP contribution in [0.1, 0.15) is 48.0 Å². The first-order valence-corrected chi connectivity index (χ1v) is 9.09. The maximum absolute atomic E-state index is 13.1. The van der Waals surface area contributed by atoms with Gasteiger partial charge in [0, 0.05) is 32.6 Å². The molecule has 142 valence electrons. The van der Waals surface area contributed by atoms with Gasteiger partial charge in [-0.05, 0) is 30.9 Å². The Balaban J connectivity index is 1.60. The van der Waals surface area contributed by atoms with Gasteiger partial charge in [0.15, 0.2) is 0 Å². The molecule has 0 spiro atoms. The number of piperazine rings is 1. The van der Waals surface area contributed by atoms with E-state index in [9.17, 15) is 22.8 Å². The second kappa shape index (κ2) is 7.68. The molecule has 3 rings (SSSR count). The Morgan fingerprint density at radius 1 is 0.962 bits per heavy atom. The van der Waals surface area contributed by atoms with Gasteiger partial charge in [0.1, 0.15) is 0 Å². The summed E-state index contributed by atoms with van der Waals surface area (Å²) in [5.41, 5.74) is -1.24. The molecule has 0 radical (unpaired) electrons. The molecule has 0 unspecified atom stereocenters. The van der Waals surface area contributed by atoms with Crippen molar-refractivity contribution in [1.29, 1.82) is 0 Å². The maximum Gasteiger partial charge on any atom is 0.417 e. The van der Waals surface area contributed by atoms with E-state index in [1.165, 1.54) is 35.9 Å². The van der Waals surface area contributed by atoms with E-state index >= 15 is 0 Å². The van der Waals surface area contributed by atoms with Crippen LogP contribution in [0.15, 0.2) is 24.3 Å². The Hall–Kier alpha value is -2.05. The van der Waals surface area contributed by atoms with Gasteiger partial charge in [-0.25, -0.2) is 0 Å². The lowest BCUT2D eigenvalue weighted by molar-refractivity contribution is -0.138. The third-order valence-electron chi connectivity index (χ3n) is 5.32. The molecule has 2 aliphatic rings. The van der Waals surface area contributed by atoms with Crippen LogP contribution in [0.25, 0.3) is 0 Å². The monoisotopic (exact) mass is 368 g/mol. The highest BCUT2D eigenvalue weighted by atomic mass is 19.4. The fourth-order valence-electron chi connectivity index (χ4n) is 3.84. The molecular formula is C19H23F3N2O2. The molecule has 0 aromatic heterocycles. The van der Waals surface area contributed by atoms with Gasteiger partial charge in [-0.1, -0.05) is 25.0 Å². The lowest BCUT2D eigenvalue weighted by Crippen LogP contribution is -2.51. The van der Waals surface area contributed by atoms with E-state index in [2.05, 4.69) is 0 Å². The number of carbonyl (C=O) groups is 2. The predicted octanol–water partition coefficient (Wildman–Crippen LogP) is 3.57. The summed E-state index contributed by atoms with van der Waals surface area (Å²) in [5.74, 6) is -0.0682. The molecule has 1 aliphatic carbocycles. The average Bonchev–Trinajstić information content (AvgIpc) is 3.13. The van der Waals surface area contributed by atoms with Crippen molar-refractivity contribution in [3.63, 3.8) is 0 Å². The predicted molar refractivity (Wildman–Crippen MR) is 90.5 cm³/mol. The van der Waals surface area contributed by atoms with E-state index in [1.807, 2.05) is 0 Å². The second-order valence-corrected chi connectivity index (χ2v) is 7.07. The lowest BCUT2D eigenvalue weighted by Gasteiger charge is -2.35. The summed E-state index contributed by atoms with van der Waals surface area (Å²) in [6.45, 7) is 1.29. The Kier molecular flexibility index (Phi) is 5.53. The lowest BCUT2D eigenvalue weighted by atomic mass is 10.0. The van der Waals surface area contributed by atoms with E-state index in [-0.39, 0.29) is 24.6 Å². The van der Waals surface area contributed by atoms with Crippen LogP contribution in [0.4, 0.5) is 13.2 Å². The highest BCUT2D eigenvalue weighted by molar-refractivity contribution is 5.96. The van der Waals surface area contributed by atoms with E-state index in [0.717, 1.165) is 18.9 Å². The number of nitrogens with zero attached hydrogens (tertiary/aromatic N) is 2. The van der Waals surface area contributed by atoms with Crippen LogP contribution < -0.4 is 0 Å². The van der Waals surface area contributed by atoms with Crippen LogP contribution in [-0.4, -0.2) is 47.8 Å². The van der Waals surface area contributed by atoms with Gasteiger partial charge < -0.3 is 9.80 Å². The third-order valence-corrected chi connectivity index (χ3v) is 5.32. The fraction of sp³-hybridized carbons (Fsp3) is 0.579. The van der Waals surface area contributed by atoms with Crippen molar-refractivity contribution < 1.29 is 22.8 Å². The Labute approximate surface area is 151 Å². The van der Waals surface area contributed by atoms with Crippen LogP contribution >= 0.6 is 0 Å². The maximum atomic E-state index is 13.1. The summed E-state index contributed by atoms with van der Waals surface area (Å²) in [7, 11) is 0. The summed E-state index contributed by atoms with van der Waals surface area (Å²) in [5, 5.41) is 0. The van der Waals surface area contributed by atoms with Gasteiger partial charge in [-0.2, -0.15) is 13.2 Å². The highest BCUT2D eigenvalue weighted by Crippen LogP contribution is 2.32. The van der Waals surface area contributed by atoms with Crippen LogP contribution in [-0.2, 0) is 11.0 Å². The van der Waals surface area contributed by atoms with E-state index in [4.69, 9.17) is 0 Å². The summed E-state index contributed by atoms with van der Waals surface area (Å²) in [4.78, 5) is 28.0. The molecule has 1 aromatic carbocycles. The SMILES string of the molecule is O=C(CC1CCCC1)N1CCN(C(=O)c2ccccc2C(F)(F)F)CC1. The topological polar surface area (TPSA) is 40.6 Å². The zero-order chi connectivity index (χ0) is 18.7. The largest absolute Gasteiger partial charge is 0.417 e. The Bertz CT molecular complexity index is 661. The number of rotatable bonds is 3. The molecule has 1 saturated heterocycles. The molecule has 1 aromatic rings. The normalized spacial score (nSPS) is 19.0. The molecule has 26 heavy (non-hydrogen) atoms. The molecule has 2 fully saturated rings. The summed E-state index contributed by atoms with van der Waals surface area (Å²) in [6, 6.07) is 4.85. The van der Waals surface area contributed by atoms with Crippen molar-refractivity contribution in [3.05, 3.63) is 35.4 Å². The summed E-state index contributed by atoms with van der Waals surface area (Å²) >= 11 is 0. The zero-order valence-electron chi connectivity index (χ0n) is 14.6. The molecule has 7 heteroatoms. The molecule has 4 nitrogen and oxygen atoms in total. The van der Waals surface area contributed by atoms with Crippen molar-refractivity contribution in [2.45, 2.75) is 38.3 Å². The zero-order valence-corrected chi connectivity index (χ0v) is 14.6. The number of amides is 2. The van der Waals surface area contributed by atoms with E-state index < -0.39 is 17.6 Å². The minimum absolute atomic E-state index is 0.0969. The summed E-state index contributed by atoms with van der Waals surface area (Å²) in [6.07, 6.45) is 0.532. The van der Waals surface area contributed by atoms with Gasteiger partial charge in [0.05, 0.1) is 11.1 Å². The van der Waals surface area contributed by atoms with Crippen molar-refractivity contribution in [2.24, 2.45) is 5.92 Å². The Morgan fingerprint density at radius 3 is 2.15 bits per heavy atom. The van der Waals surface area contributed by atoms with Crippen molar-refractivity contribution in [3.8, 4) is 0 Å². The highest BCUT2D eigenvalue weighted by Gasteiger charge is 2.36. The van der Waals surface area contributed by atoms with Gasteiger partial charge in [0.25, 0.3) is 5.91 Å². The van der Waals surface area contributed by atoms with E-state index in [0.29, 0.717) is 25.4 Å². The van der Waals surface area contributed by atoms with Gasteiger partial charge in [-0.15, -0.1) is 0 Å². The van der Waals surface area contributed by atoms with Crippen molar-refractivity contribution >= 4 is 11.8 Å². The van der Waals surface area contributed by atoms with Gasteiger partial charge in [-0.3, -0.25) is 9.59 Å². The number of carbonyl (C=O) groups excluding carboxylic acids is 2. The first kappa shape index (κ1) is 18.7. The molecule has 0 bridgehead atoms. The van der Waals surface area contributed by atoms with Crippen LogP contribution in [0, 0.1) is 5.92 Å². The molecule has 0 atom stereocenters. The number of hydrogen-bond donors (Lipinski definition) is 0. The van der Waals surface area contributed by atoms with Crippen molar-refractivity contribution in [2.75, 3.05) is 26.2 Å². The molecular weight excluding hydrogens is 345 g/mol. The molecule has 1 aliphatic heterocycles. The Morgan fingerprint density at radius 2 is 1.54 bits per heavy atom. The fourth-order valence-corrected chi connectivity index (χ4v) is 3.84. The molecule has 1 heterocycles. The van der Waals surface area contributed by atoms with Crippen molar-refractivity contribution in [1.82, 2.24) is 9.80 Å². The van der Waals surface area contributed by atoms with Crippen LogP contribution in [0.5, 0.6) is 0 Å². The summed E-state index contributed by atoms with van der Waals surface area (Å²) < 4.78 is 39.3. The number of alkyl halides is 3. The minimum atomic E-state index is -4.56. The quantitative estimate of drug-likeness (QED) is 0.818.